The zero-order chi connectivity index (χ0) is 19.2. The van der Waals surface area contributed by atoms with Crippen molar-refractivity contribution in [3.8, 4) is 0 Å². The Morgan fingerprint density at radius 1 is 1.00 bits per heavy atom. The second-order valence-electron chi connectivity index (χ2n) is 6.34. The molecule has 0 saturated heterocycles. The normalized spacial score (nSPS) is 10.9. The van der Waals surface area contributed by atoms with Crippen molar-refractivity contribution in [2.75, 3.05) is 11.9 Å². The van der Waals surface area contributed by atoms with Crippen LogP contribution in [0.2, 0.25) is 10.0 Å². The van der Waals surface area contributed by atoms with Gasteiger partial charge in [-0.15, -0.1) is 0 Å². The third kappa shape index (κ3) is 5.64. The Labute approximate surface area is 162 Å². The highest BCUT2D eigenvalue weighted by Gasteiger charge is 2.29. The topological polar surface area (TPSA) is 67.4 Å². The van der Waals surface area contributed by atoms with E-state index in [1.807, 2.05) is 18.2 Å². The monoisotopic (exact) mass is 394 g/mol. The summed E-state index contributed by atoms with van der Waals surface area (Å²) in [6.07, 6.45) is -0.676. The van der Waals surface area contributed by atoms with Crippen LogP contribution in [0.3, 0.4) is 0 Å². The molecular formula is C19H20Cl2N2O3. The second kappa shape index (κ2) is 8.92. The molecule has 5 nitrogen and oxygen atoms in total. The fourth-order valence-electron chi connectivity index (χ4n) is 2.08. The average Bonchev–Trinajstić information content (AvgIpc) is 2.61. The third-order valence-corrected chi connectivity index (χ3v) is 4.38. The third-order valence-electron chi connectivity index (χ3n) is 3.69. The first-order valence-corrected chi connectivity index (χ1v) is 8.75. The Balaban J connectivity index is 1.85. The van der Waals surface area contributed by atoms with Crippen LogP contribution in [0.1, 0.15) is 19.4 Å². The molecule has 0 radical (unpaired) electrons. The summed E-state index contributed by atoms with van der Waals surface area (Å²) in [6.45, 7) is 3.60. The first-order chi connectivity index (χ1) is 12.3. The molecule has 0 bridgehead atoms. The van der Waals surface area contributed by atoms with Crippen LogP contribution in [0.5, 0.6) is 0 Å². The van der Waals surface area contributed by atoms with E-state index in [0.29, 0.717) is 22.3 Å². The van der Waals surface area contributed by atoms with Crippen LogP contribution in [0.15, 0.2) is 48.5 Å². The number of ether oxygens (including phenoxy) is 1. The highest BCUT2D eigenvalue weighted by atomic mass is 35.5. The van der Waals surface area contributed by atoms with Crippen LogP contribution in [-0.2, 0) is 16.1 Å². The maximum Gasteiger partial charge on any atom is 0.411 e. The van der Waals surface area contributed by atoms with Gasteiger partial charge in [0, 0.05) is 11.6 Å². The second-order valence-corrected chi connectivity index (χ2v) is 7.15. The van der Waals surface area contributed by atoms with Gasteiger partial charge < -0.3 is 10.1 Å². The van der Waals surface area contributed by atoms with E-state index >= 15 is 0 Å². The van der Waals surface area contributed by atoms with Crippen molar-refractivity contribution in [3.05, 3.63) is 64.1 Å². The van der Waals surface area contributed by atoms with Crippen LogP contribution < -0.4 is 10.6 Å². The highest BCUT2D eigenvalue weighted by Crippen LogP contribution is 2.22. The molecule has 138 valence electrons. The SMILES string of the molecule is CC(C)(COC(=O)Nc1ccccc1Cl)C(=O)NCc1ccccc1Cl. The smallest absolute Gasteiger partial charge is 0.411 e. The molecule has 0 aromatic heterocycles. The number of hydrogen-bond acceptors (Lipinski definition) is 3. The zero-order valence-electron chi connectivity index (χ0n) is 14.5. The number of carbonyl (C=O) groups excluding carboxylic acids is 2. The lowest BCUT2D eigenvalue weighted by Gasteiger charge is -2.23. The number of halogens is 2. The minimum absolute atomic E-state index is 0.0857. The quantitative estimate of drug-likeness (QED) is 0.732. The van der Waals surface area contributed by atoms with Gasteiger partial charge in [0.05, 0.1) is 16.1 Å². The predicted octanol–water partition coefficient (Wildman–Crippen LogP) is 4.88. The molecule has 0 unspecified atom stereocenters. The van der Waals surface area contributed by atoms with Gasteiger partial charge in [0.15, 0.2) is 0 Å². The van der Waals surface area contributed by atoms with Gasteiger partial charge >= 0.3 is 6.09 Å². The molecule has 0 aliphatic rings. The fraction of sp³-hybridized carbons (Fsp3) is 0.263. The summed E-state index contributed by atoms with van der Waals surface area (Å²) >= 11 is 12.1. The fourth-order valence-corrected chi connectivity index (χ4v) is 2.46. The standard InChI is InChI=1S/C19H20Cl2N2O3/c1-19(2,17(24)22-11-13-7-3-4-8-14(13)20)12-26-18(25)23-16-10-6-5-9-15(16)21/h3-10H,11-12H2,1-2H3,(H,22,24)(H,23,25). The summed E-state index contributed by atoms with van der Waals surface area (Å²) in [6, 6.07) is 14.1. The molecule has 2 N–H and O–H groups in total. The Kier molecular flexibility index (Phi) is 6.89. The number of hydrogen-bond donors (Lipinski definition) is 2. The summed E-state index contributed by atoms with van der Waals surface area (Å²) in [7, 11) is 0. The molecule has 0 aliphatic carbocycles. The van der Waals surface area contributed by atoms with Gasteiger partial charge in [0.1, 0.15) is 6.61 Å². The van der Waals surface area contributed by atoms with Crippen molar-refractivity contribution in [1.29, 1.82) is 0 Å². The van der Waals surface area contributed by atoms with Crippen molar-refractivity contribution in [1.82, 2.24) is 5.32 Å². The van der Waals surface area contributed by atoms with Crippen LogP contribution >= 0.6 is 23.2 Å². The molecule has 0 atom stereocenters. The maximum absolute atomic E-state index is 12.4. The number of para-hydroxylation sites is 1. The largest absolute Gasteiger partial charge is 0.448 e. The van der Waals surface area contributed by atoms with Crippen molar-refractivity contribution >= 4 is 40.9 Å². The molecule has 0 spiro atoms. The number of rotatable bonds is 6. The Bertz CT molecular complexity index is 794. The summed E-state index contributed by atoms with van der Waals surface area (Å²) in [5, 5.41) is 6.34. The lowest BCUT2D eigenvalue weighted by Crippen LogP contribution is -2.40. The first kappa shape index (κ1) is 20.1. The van der Waals surface area contributed by atoms with Crippen molar-refractivity contribution < 1.29 is 14.3 Å². The maximum atomic E-state index is 12.4. The number of carbonyl (C=O) groups is 2. The van der Waals surface area contributed by atoms with Gasteiger partial charge in [-0.05, 0) is 37.6 Å². The van der Waals surface area contributed by atoms with E-state index in [4.69, 9.17) is 27.9 Å². The molecule has 7 heteroatoms. The minimum Gasteiger partial charge on any atom is -0.448 e. The Morgan fingerprint density at radius 3 is 2.27 bits per heavy atom. The van der Waals surface area contributed by atoms with Gasteiger partial charge in [-0.1, -0.05) is 53.5 Å². The average molecular weight is 395 g/mol. The summed E-state index contributed by atoms with van der Waals surface area (Å²) in [5.74, 6) is -0.247. The van der Waals surface area contributed by atoms with Crippen molar-refractivity contribution in [3.63, 3.8) is 0 Å². The molecule has 2 aromatic carbocycles. The number of benzene rings is 2. The van der Waals surface area contributed by atoms with Gasteiger partial charge in [-0.2, -0.15) is 0 Å². The lowest BCUT2D eigenvalue weighted by molar-refractivity contribution is -0.131. The van der Waals surface area contributed by atoms with Crippen molar-refractivity contribution in [2.45, 2.75) is 20.4 Å². The van der Waals surface area contributed by atoms with Crippen molar-refractivity contribution in [2.24, 2.45) is 5.41 Å². The molecule has 0 aliphatic heterocycles. The number of anilines is 1. The molecule has 0 heterocycles. The van der Waals surface area contributed by atoms with Gasteiger partial charge in [-0.3, -0.25) is 10.1 Å². The zero-order valence-corrected chi connectivity index (χ0v) is 16.0. The molecule has 2 rings (SSSR count). The molecule has 2 amide bonds. The molecule has 26 heavy (non-hydrogen) atoms. The summed E-state index contributed by atoms with van der Waals surface area (Å²) in [5.41, 5.74) is 0.356. The highest BCUT2D eigenvalue weighted by molar-refractivity contribution is 6.33. The predicted molar refractivity (Wildman–Crippen MR) is 104 cm³/mol. The van der Waals surface area contributed by atoms with Crippen LogP contribution in [-0.4, -0.2) is 18.6 Å². The minimum atomic E-state index is -0.904. The van der Waals surface area contributed by atoms with Gasteiger partial charge in [-0.25, -0.2) is 4.79 Å². The van der Waals surface area contributed by atoms with E-state index in [1.54, 1.807) is 44.2 Å². The van der Waals surface area contributed by atoms with E-state index in [0.717, 1.165) is 5.56 Å². The van der Waals surface area contributed by atoms with E-state index in [2.05, 4.69) is 10.6 Å². The first-order valence-electron chi connectivity index (χ1n) is 7.99. The van der Waals surface area contributed by atoms with E-state index in [-0.39, 0.29) is 12.5 Å². The molecule has 0 saturated carbocycles. The summed E-state index contributed by atoms with van der Waals surface area (Å²) < 4.78 is 5.17. The van der Waals surface area contributed by atoms with Gasteiger partial charge in [0.2, 0.25) is 5.91 Å². The van der Waals surface area contributed by atoms with Gasteiger partial charge in [0.25, 0.3) is 0 Å². The lowest BCUT2D eigenvalue weighted by atomic mass is 9.93. The van der Waals surface area contributed by atoms with Crippen LogP contribution in [0.25, 0.3) is 0 Å². The van der Waals surface area contributed by atoms with E-state index < -0.39 is 11.5 Å². The van der Waals surface area contributed by atoms with E-state index in [9.17, 15) is 9.59 Å². The van der Waals surface area contributed by atoms with Crippen LogP contribution in [0, 0.1) is 5.41 Å². The summed E-state index contributed by atoms with van der Waals surface area (Å²) in [4.78, 5) is 24.3. The number of amides is 2. The van der Waals surface area contributed by atoms with Crippen LogP contribution in [0.4, 0.5) is 10.5 Å². The number of nitrogens with one attached hydrogen (secondary N) is 2. The molecule has 2 aromatic rings. The Morgan fingerprint density at radius 2 is 1.62 bits per heavy atom. The Hall–Kier alpha value is -2.24. The molecular weight excluding hydrogens is 375 g/mol. The van der Waals surface area contributed by atoms with E-state index in [1.165, 1.54) is 0 Å². The molecule has 0 fully saturated rings.